The molecule has 2 saturated heterocycles. The van der Waals surface area contributed by atoms with E-state index >= 15 is 0 Å². The Morgan fingerprint density at radius 1 is 1.16 bits per heavy atom. The summed E-state index contributed by atoms with van der Waals surface area (Å²) in [6.45, 7) is 3.04. The molecule has 4 nitrogen and oxygen atoms in total. The van der Waals surface area contributed by atoms with Crippen LogP contribution < -0.4 is 10.6 Å². The SMILES string of the molecule is Nc1ccc(N2CCC(C3OCCO3)CC2)c(F)c1. The predicted octanol–water partition coefficient (Wildman–Crippen LogP) is 2.00. The molecule has 19 heavy (non-hydrogen) atoms. The molecule has 0 aromatic heterocycles. The Hall–Kier alpha value is -1.33. The normalized spacial score (nSPS) is 22.1. The predicted molar refractivity (Wildman–Crippen MR) is 71.4 cm³/mol. The van der Waals surface area contributed by atoms with Gasteiger partial charge in [0.05, 0.1) is 18.9 Å². The van der Waals surface area contributed by atoms with Gasteiger partial charge in [-0.2, -0.15) is 0 Å². The van der Waals surface area contributed by atoms with E-state index in [0.29, 0.717) is 30.5 Å². The van der Waals surface area contributed by atoms with Gasteiger partial charge in [0.15, 0.2) is 6.29 Å². The maximum absolute atomic E-state index is 13.9. The van der Waals surface area contributed by atoms with Crippen LogP contribution in [-0.4, -0.2) is 32.6 Å². The summed E-state index contributed by atoms with van der Waals surface area (Å²) in [5.41, 5.74) is 6.67. The van der Waals surface area contributed by atoms with E-state index in [0.717, 1.165) is 25.9 Å². The van der Waals surface area contributed by atoms with E-state index in [2.05, 4.69) is 4.90 Å². The third-order valence-electron chi connectivity index (χ3n) is 3.88. The van der Waals surface area contributed by atoms with Gasteiger partial charge in [-0.3, -0.25) is 0 Å². The van der Waals surface area contributed by atoms with Gasteiger partial charge in [0.25, 0.3) is 0 Å². The Kier molecular flexibility index (Phi) is 3.57. The first kappa shape index (κ1) is 12.7. The minimum absolute atomic E-state index is 0.0570. The van der Waals surface area contributed by atoms with E-state index in [1.165, 1.54) is 6.07 Å². The molecule has 2 heterocycles. The first-order valence-electron chi connectivity index (χ1n) is 6.77. The molecule has 2 aliphatic rings. The van der Waals surface area contributed by atoms with Crippen molar-refractivity contribution in [2.24, 2.45) is 5.92 Å². The van der Waals surface area contributed by atoms with Crippen LogP contribution in [0.3, 0.4) is 0 Å². The fraction of sp³-hybridized carbons (Fsp3) is 0.571. The van der Waals surface area contributed by atoms with Gasteiger partial charge in [-0.15, -0.1) is 0 Å². The van der Waals surface area contributed by atoms with Gasteiger partial charge in [0.2, 0.25) is 0 Å². The van der Waals surface area contributed by atoms with E-state index in [4.69, 9.17) is 15.2 Å². The van der Waals surface area contributed by atoms with Crippen molar-refractivity contribution in [2.75, 3.05) is 36.9 Å². The smallest absolute Gasteiger partial charge is 0.160 e. The molecular formula is C14H19FN2O2. The molecule has 2 fully saturated rings. The largest absolute Gasteiger partial charge is 0.399 e. The first-order chi connectivity index (χ1) is 9.24. The summed E-state index contributed by atoms with van der Waals surface area (Å²) in [6, 6.07) is 4.88. The van der Waals surface area contributed by atoms with Crippen molar-refractivity contribution in [3.8, 4) is 0 Å². The summed E-state index contributed by atoms with van der Waals surface area (Å²) >= 11 is 0. The highest BCUT2D eigenvalue weighted by atomic mass is 19.1. The van der Waals surface area contributed by atoms with Gasteiger partial charge in [-0.1, -0.05) is 0 Å². The van der Waals surface area contributed by atoms with Crippen molar-refractivity contribution >= 4 is 11.4 Å². The molecule has 0 bridgehead atoms. The van der Waals surface area contributed by atoms with Crippen LogP contribution in [0.4, 0.5) is 15.8 Å². The molecule has 0 radical (unpaired) electrons. The molecule has 2 aliphatic heterocycles. The number of ether oxygens (including phenoxy) is 2. The lowest BCUT2D eigenvalue weighted by Gasteiger charge is -2.35. The average molecular weight is 266 g/mol. The van der Waals surface area contributed by atoms with Crippen LogP contribution in [0.25, 0.3) is 0 Å². The number of piperidine rings is 1. The van der Waals surface area contributed by atoms with Gasteiger partial charge < -0.3 is 20.1 Å². The molecular weight excluding hydrogens is 247 g/mol. The van der Waals surface area contributed by atoms with Gasteiger partial charge in [-0.05, 0) is 31.0 Å². The molecule has 2 N–H and O–H groups in total. The summed E-state index contributed by atoms with van der Waals surface area (Å²) in [6.07, 6.45) is 1.88. The number of hydrogen-bond donors (Lipinski definition) is 1. The summed E-state index contributed by atoms with van der Waals surface area (Å²) in [5, 5.41) is 0. The highest BCUT2D eigenvalue weighted by molar-refractivity contribution is 5.54. The maximum Gasteiger partial charge on any atom is 0.160 e. The van der Waals surface area contributed by atoms with Gasteiger partial charge in [-0.25, -0.2) is 4.39 Å². The highest BCUT2D eigenvalue weighted by Gasteiger charge is 2.30. The molecule has 0 atom stereocenters. The zero-order valence-corrected chi connectivity index (χ0v) is 10.8. The summed E-state index contributed by atoms with van der Waals surface area (Å²) < 4.78 is 24.9. The van der Waals surface area contributed by atoms with E-state index in [-0.39, 0.29) is 12.1 Å². The minimum atomic E-state index is -0.244. The second-order valence-electron chi connectivity index (χ2n) is 5.15. The fourth-order valence-corrected chi connectivity index (χ4v) is 2.84. The lowest BCUT2D eigenvalue weighted by Crippen LogP contribution is -2.38. The lowest BCUT2D eigenvalue weighted by molar-refractivity contribution is -0.0889. The van der Waals surface area contributed by atoms with Crippen LogP contribution in [0, 0.1) is 11.7 Å². The first-order valence-corrected chi connectivity index (χ1v) is 6.77. The number of nitrogens with two attached hydrogens (primary N) is 1. The molecule has 0 saturated carbocycles. The summed E-state index contributed by atoms with van der Waals surface area (Å²) in [7, 11) is 0. The fourth-order valence-electron chi connectivity index (χ4n) is 2.84. The van der Waals surface area contributed by atoms with E-state index in [1.54, 1.807) is 12.1 Å². The van der Waals surface area contributed by atoms with Crippen molar-refractivity contribution in [3.63, 3.8) is 0 Å². The third-order valence-corrected chi connectivity index (χ3v) is 3.88. The van der Waals surface area contributed by atoms with Crippen molar-refractivity contribution in [3.05, 3.63) is 24.0 Å². The van der Waals surface area contributed by atoms with Gasteiger partial charge >= 0.3 is 0 Å². The Bertz CT molecular complexity index is 441. The monoisotopic (exact) mass is 266 g/mol. The number of nitrogens with zero attached hydrogens (tertiary/aromatic N) is 1. The number of anilines is 2. The average Bonchev–Trinajstić information content (AvgIpc) is 2.93. The number of benzene rings is 1. The van der Waals surface area contributed by atoms with E-state index in [1.807, 2.05) is 0 Å². The zero-order chi connectivity index (χ0) is 13.2. The second kappa shape index (κ2) is 5.35. The Balaban J connectivity index is 1.63. The van der Waals surface area contributed by atoms with Crippen LogP contribution in [0.15, 0.2) is 18.2 Å². The van der Waals surface area contributed by atoms with Gasteiger partial charge in [0, 0.05) is 24.7 Å². The summed E-state index contributed by atoms with van der Waals surface area (Å²) in [5.74, 6) is 0.183. The van der Waals surface area contributed by atoms with Crippen LogP contribution in [0.1, 0.15) is 12.8 Å². The third kappa shape index (κ3) is 2.67. The van der Waals surface area contributed by atoms with E-state index in [9.17, 15) is 4.39 Å². The molecule has 104 valence electrons. The topological polar surface area (TPSA) is 47.7 Å². The molecule has 5 heteroatoms. The van der Waals surface area contributed by atoms with Crippen molar-refractivity contribution in [1.82, 2.24) is 0 Å². The van der Waals surface area contributed by atoms with Crippen molar-refractivity contribution in [2.45, 2.75) is 19.1 Å². The number of nitrogen functional groups attached to an aromatic ring is 1. The molecule has 1 aromatic rings. The quantitative estimate of drug-likeness (QED) is 0.832. The molecule has 3 rings (SSSR count). The Labute approximate surface area is 112 Å². The second-order valence-corrected chi connectivity index (χ2v) is 5.15. The lowest BCUT2D eigenvalue weighted by atomic mass is 9.95. The zero-order valence-electron chi connectivity index (χ0n) is 10.8. The van der Waals surface area contributed by atoms with Crippen molar-refractivity contribution in [1.29, 1.82) is 0 Å². The van der Waals surface area contributed by atoms with E-state index < -0.39 is 0 Å². The Morgan fingerprint density at radius 2 is 1.84 bits per heavy atom. The number of rotatable bonds is 2. The molecule has 0 aliphatic carbocycles. The molecule has 0 amide bonds. The van der Waals surface area contributed by atoms with Crippen LogP contribution in [-0.2, 0) is 9.47 Å². The molecule has 1 aromatic carbocycles. The standard InChI is InChI=1S/C14H19FN2O2/c15-12-9-11(16)1-2-13(12)17-5-3-10(4-6-17)14-18-7-8-19-14/h1-2,9-10,14H,3-8,16H2. The van der Waals surface area contributed by atoms with Gasteiger partial charge in [0.1, 0.15) is 5.82 Å². The van der Waals surface area contributed by atoms with Crippen LogP contribution in [0.2, 0.25) is 0 Å². The highest BCUT2D eigenvalue weighted by Crippen LogP contribution is 2.30. The molecule has 0 unspecified atom stereocenters. The summed E-state index contributed by atoms with van der Waals surface area (Å²) in [4.78, 5) is 2.07. The van der Waals surface area contributed by atoms with Crippen LogP contribution >= 0.6 is 0 Å². The van der Waals surface area contributed by atoms with Crippen LogP contribution in [0.5, 0.6) is 0 Å². The maximum atomic E-state index is 13.9. The number of halogens is 1. The molecule has 0 spiro atoms. The number of hydrogen-bond acceptors (Lipinski definition) is 4. The van der Waals surface area contributed by atoms with Crippen molar-refractivity contribution < 1.29 is 13.9 Å². The minimum Gasteiger partial charge on any atom is -0.399 e. The Morgan fingerprint density at radius 3 is 2.47 bits per heavy atom.